The van der Waals surface area contributed by atoms with E-state index in [2.05, 4.69) is 10.6 Å². The first-order valence-corrected chi connectivity index (χ1v) is 12.1. The van der Waals surface area contributed by atoms with E-state index in [4.69, 9.17) is 0 Å². The minimum Gasteiger partial charge on any atom is -0.349 e. The molecule has 190 valence electrons. The minimum absolute atomic E-state index is 0.0912. The minimum atomic E-state index is -0.465. The summed E-state index contributed by atoms with van der Waals surface area (Å²) in [6.45, 7) is 15.7. The van der Waals surface area contributed by atoms with Gasteiger partial charge in [0.25, 0.3) is 11.8 Å². The Morgan fingerprint density at radius 2 is 1.00 bits per heavy atom. The largest absolute Gasteiger partial charge is 0.349 e. The Kier molecular flexibility index (Phi) is 6.96. The van der Waals surface area contributed by atoms with Gasteiger partial charge >= 0.3 is 0 Å². The highest BCUT2D eigenvalue weighted by atomic mass is 16.5. The summed E-state index contributed by atoms with van der Waals surface area (Å²) in [5.74, 6) is -0.456. The van der Waals surface area contributed by atoms with Gasteiger partial charge in [0, 0.05) is 45.4 Å². The van der Waals surface area contributed by atoms with Crippen molar-refractivity contribution in [1.29, 1.82) is 0 Å². The fourth-order valence-electron chi connectivity index (χ4n) is 6.08. The number of hydrogen-bond donors (Lipinski definition) is 4. The van der Waals surface area contributed by atoms with Crippen molar-refractivity contribution < 1.29 is 20.0 Å². The second kappa shape index (κ2) is 8.90. The summed E-state index contributed by atoms with van der Waals surface area (Å²) in [4.78, 5) is 26.1. The standard InChI is InChI=1S/C26H42N4O4/c1-23(2)13-19(14-24(3,4)29(23)33)27-21(31)17-10-9-11-18(12-17)22(32)28-20-15-25(5,6)30(34)26(7,8)16-20/h9-12,19-20,33-34H,13-16H2,1-8H3,(H,27,31)(H,28,32). The van der Waals surface area contributed by atoms with Gasteiger partial charge in [0.2, 0.25) is 0 Å². The molecule has 0 saturated carbocycles. The van der Waals surface area contributed by atoms with Crippen LogP contribution in [0.3, 0.4) is 0 Å². The monoisotopic (exact) mass is 474 g/mol. The first-order chi connectivity index (χ1) is 15.4. The van der Waals surface area contributed by atoms with Crippen LogP contribution in [0, 0.1) is 0 Å². The average Bonchev–Trinajstić information content (AvgIpc) is 2.69. The Balaban J connectivity index is 1.69. The molecule has 4 N–H and O–H groups in total. The summed E-state index contributed by atoms with van der Waals surface area (Å²) >= 11 is 0. The zero-order valence-corrected chi connectivity index (χ0v) is 21.9. The predicted molar refractivity (Wildman–Crippen MR) is 131 cm³/mol. The Morgan fingerprint density at radius 3 is 1.29 bits per heavy atom. The van der Waals surface area contributed by atoms with Gasteiger partial charge in [-0.1, -0.05) is 6.07 Å². The van der Waals surface area contributed by atoms with Crippen LogP contribution in [0.2, 0.25) is 0 Å². The molecular formula is C26H42N4O4. The maximum absolute atomic E-state index is 13.0. The summed E-state index contributed by atoms with van der Waals surface area (Å²) in [5.41, 5.74) is -0.999. The second-order valence-electron chi connectivity index (χ2n) is 12.6. The molecule has 2 saturated heterocycles. The molecule has 0 radical (unpaired) electrons. The van der Waals surface area contributed by atoms with E-state index in [0.717, 1.165) is 0 Å². The van der Waals surface area contributed by atoms with Crippen LogP contribution in [0.15, 0.2) is 24.3 Å². The van der Waals surface area contributed by atoms with Crippen LogP contribution in [-0.2, 0) is 0 Å². The lowest BCUT2D eigenvalue weighted by Crippen LogP contribution is -2.63. The average molecular weight is 475 g/mol. The summed E-state index contributed by atoms with van der Waals surface area (Å²) in [5, 5.41) is 30.0. The van der Waals surface area contributed by atoms with E-state index in [-0.39, 0.29) is 23.9 Å². The number of amides is 2. The molecule has 0 atom stereocenters. The molecule has 2 fully saturated rings. The van der Waals surface area contributed by atoms with Crippen molar-refractivity contribution in [3.05, 3.63) is 35.4 Å². The highest BCUT2D eigenvalue weighted by Crippen LogP contribution is 2.37. The van der Waals surface area contributed by atoms with E-state index >= 15 is 0 Å². The van der Waals surface area contributed by atoms with Gasteiger partial charge in [-0.3, -0.25) is 9.59 Å². The number of rotatable bonds is 4. The van der Waals surface area contributed by atoms with Crippen molar-refractivity contribution >= 4 is 11.8 Å². The molecular weight excluding hydrogens is 432 g/mol. The summed E-state index contributed by atoms with van der Waals surface area (Å²) in [7, 11) is 0. The molecule has 0 bridgehead atoms. The molecule has 8 nitrogen and oxygen atoms in total. The Labute approximate surface area is 203 Å². The third kappa shape index (κ3) is 5.46. The van der Waals surface area contributed by atoms with Crippen molar-refractivity contribution in [3.8, 4) is 0 Å². The fraction of sp³-hybridized carbons (Fsp3) is 0.692. The van der Waals surface area contributed by atoms with E-state index in [0.29, 0.717) is 36.8 Å². The van der Waals surface area contributed by atoms with Gasteiger partial charge in [-0.25, -0.2) is 0 Å². The van der Waals surface area contributed by atoms with E-state index in [9.17, 15) is 20.0 Å². The van der Waals surface area contributed by atoms with Gasteiger partial charge in [0.1, 0.15) is 0 Å². The van der Waals surface area contributed by atoms with Crippen molar-refractivity contribution in [2.45, 2.75) is 115 Å². The number of piperidine rings is 2. The number of hydrogen-bond acceptors (Lipinski definition) is 6. The maximum atomic E-state index is 13.0. The molecule has 0 spiro atoms. The molecule has 0 aliphatic carbocycles. The normalized spacial score (nSPS) is 25.0. The van der Waals surface area contributed by atoms with Crippen LogP contribution in [0.4, 0.5) is 0 Å². The molecule has 3 rings (SSSR count). The van der Waals surface area contributed by atoms with E-state index in [1.54, 1.807) is 24.3 Å². The fourth-order valence-corrected chi connectivity index (χ4v) is 6.08. The van der Waals surface area contributed by atoms with Crippen molar-refractivity contribution in [2.75, 3.05) is 0 Å². The number of carbonyl (C=O) groups is 2. The first kappa shape index (κ1) is 26.6. The SMILES string of the molecule is CC1(C)CC(NC(=O)c2cccc(C(=O)NC3CC(C)(C)N(O)C(C)(C)C3)c2)CC(C)(C)N1O. The number of nitrogens with zero attached hydrogens (tertiary/aromatic N) is 2. The van der Waals surface area contributed by atoms with Crippen LogP contribution in [0.5, 0.6) is 0 Å². The van der Waals surface area contributed by atoms with Crippen molar-refractivity contribution in [1.82, 2.24) is 20.8 Å². The molecule has 34 heavy (non-hydrogen) atoms. The molecule has 0 aromatic heterocycles. The number of benzene rings is 1. The molecule has 0 unspecified atom stereocenters. The number of nitrogens with one attached hydrogen (secondary N) is 2. The molecule has 2 heterocycles. The third-order valence-corrected chi connectivity index (χ3v) is 7.33. The van der Waals surface area contributed by atoms with E-state index in [1.807, 2.05) is 55.4 Å². The van der Waals surface area contributed by atoms with Gasteiger partial charge in [0.05, 0.1) is 0 Å². The quantitative estimate of drug-likeness (QED) is 0.526. The van der Waals surface area contributed by atoms with Gasteiger partial charge in [-0.05, 0) is 99.3 Å². The predicted octanol–water partition coefficient (Wildman–Crippen LogP) is 3.97. The van der Waals surface area contributed by atoms with Crippen LogP contribution >= 0.6 is 0 Å². The molecule has 1 aromatic carbocycles. The second-order valence-corrected chi connectivity index (χ2v) is 12.6. The van der Waals surface area contributed by atoms with Crippen LogP contribution in [0.25, 0.3) is 0 Å². The van der Waals surface area contributed by atoms with Gasteiger partial charge < -0.3 is 21.0 Å². The molecule has 2 aliphatic rings. The topological polar surface area (TPSA) is 105 Å². The van der Waals surface area contributed by atoms with Gasteiger partial charge in [0.15, 0.2) is 0 Å². The van der Waals surface area contributed by atoms with Crippen molar-refractivity contribution in [2.24, 2.45) is 0 Å². The smallest absolute Gasteiger partial charge is 0.251 e. The van der Waals surface area contributed by atoms with Crippen molar-refractivity contribution in [3.63, 3.8) is 0 Å². The Hall–Kier alpha value is -2.00. The molecule has 2 amide bonds. The lowest BCUT2D eigenvalue weighted by molar-refractivity contribution is -0.245. The van der Waals surface area contributed by atoms with Crippen LogP contribution < -0.4 is 10.6 Å². The summed E-state index contributed by atoms with van der Waals surface area (Å²) < 4.78 is 0. The Morgan fingerprint density at radius 1 is 0.706 bits per heavy atom. The number of carbonyl (C=O) groups excluding carboxylic acids is 2. The van der Waals surface area contributed by atoms with E-state index < -0.39 is 22.2 Å². The zero-order chi connectivity index (χ0) is 25.7. The summed E-state index contributed by atoms with van der Waals surface area (Å²) in [6, 6.07) is 6.58. The molecule has 1 aromatic rings. The van der Waals surface area contributed by atoms with Crippen LogP contribution in [-0.4, -0.2) is 66.6 Å². The van der Waals surface area contributed by atoms with E-state index in [1.165, 1.54) is 10.1 Å². The highest BCUT2D eigenvalue weighted by molar-refractivity contribution is 5.99. The highest BCUT2D eigenvalue weighted by Gasteiger charge is 2.46. The Bertz CT molecular complexity index is 833. The molecule has 2 aliphatic heterocycles. The lowest BCUT2D eigenvalue weighted by Gasteiger charge is -2.51. The first-order valence-electron chi connectivity index (χ1n) is 12.1. The molecule has 8 heteroatoms. The summed E-state index contributed by atoms with van der Waals surface area (Å²) in [6.07, 6.45) is 2.48. The van der Waals surface area contributed by atoms with Gasteiger partial charge in [-0.15, -0.1) is 0 Å². The third-order valence-electron chi connectivity index (χ3n) is 7.33. The number of hydroxylamine groups is 4. The van der Waals surface area contributed by atoms with Gasteiger partial charge in [-0.2, -0.15) is 10.1 Å². The lowest BCUT2D eigenvalue weighted by atomic mass is 9.79. The van der Waals surface area contributed by atoms with Crippen LogP contribution in [0.1, 0.15) is 102 Å². The maximum Gasteiger partial charge on any atom is 0.251 e. The zero-order valence-electron chi connectivity index (χ0n) is 21.9.